The smallest absolute Gasteiger partial charge is 0.196 e. The first-order valence-corrected chi connectivity index (χ1v) is 7.61. The van der Waals surface area contributed by atoms with Gasteiger partial charge in [0.15, 0.2) is 5.16 Å². The maximum Gasteiger partial charge on any atom is 0.196 e. The number of ether oxygens (including phenoxy) is 1. The largest absolute Gasteiger partial charge is 0.495 e. The maximum atomic E-state index is 12.0. The second-order valence-corrected chi connectivity index (χ2v) is 6.56. The summed E-state index contributed by atoms with van der Waals surface area (Å²) in [5.74, 6) is 1.29. The molecule has 0 radical (unpaired) electrons. The van der Waals surface area contributed by atoms with E-state index in [1.165, 1.54) is 11.8 Å². The van der Waals surface area contributed by atoms with Crippen molar-refractivity contribution in [1.82, 2.24) is 14.8 Å². The molecule has 0 saturated heterocycles. The summed E-state index contributed by atoms with van der Waals surface area (Å²) in [7, 11) is 1.62. The minimum absolute atomic E-state index is 0.182. The lowest BCUT2D eigenvalue weighted by molar-refractivity contribution is -0.123. The molecule has 1 aromatic heterocycles. The van der Waals surface area contributed by atoms with E-state index in [-0.39, 0.29) is 11.2 Å². The Bertz CT molecular complexity index is 632. The molecule has 0 aliphatic rings. The van der Waals surface area contributed by atoms with Crippen LogP contribution in [-0.2, 0) is 4.79 Å². The monoisotopic (exact) mass is 305 g/mol. The Hall–Kier alpha value is -1.82. The highest BCUT2D eigenvalue weighted by Crippen LogP contribution is 2.27. The fourth-order valence-corrected chi connectivity index (χ4v) is 2.75. The third-order valence-corrected chi connectivity index (χ3v) is 3.97. The molecular formula is C15H19N3O2S. The van der Waals surface area contributed by atoms with Crippen LogP contribution in [0.15, 0.2) is 35.7 Å². The van der Waals surface area contributed by atoms with E-state index in [0.717, 1.165) is 11.4 Å². The molecule has 0 aliphatic heterocycles. The van der Waals surface area contributed by atoms with Crippen LogP contribution in [0.3, 0.4) is 0 Å². The predicted octanol–water partition coefficient (Wildman–Crippen LogP) is 2.98. The number of ketones is 1. The number of thioether (sulfide) groups is 1. The van der Waals surface area contributed by atoms with Crippen molar-refractivity contribution in [3.05, 3.63) is 30.6 Å². The molecule has 112 valence electrons. The van der Waals surface area contributed by atoms with Crippen molar-refractivity contribution in [1.29, 1.82) is 0 Å². The number of Topliss-reactive ketones (excluding diaryl/α,β-unsaturated/α-hetero) is 1. The van der Waals surface area contributed by atoms with E-state index in [9.17, 15) is 4.79 Å². The molecule has 0 N–H and O–H groups in total. The van der Waals surface area contributed by atoms with Gasteiger partial charge < -0.3 is 4.74 Å². The molecule has 0 saturated carbocycles. The van der Waals surface area contributed by atoms with Crippen LogP contribution in [0.2, 0.25) is 0 Å². The first-order valence-electron chi connectivity index (χ1n) is 6.63. The minimum Gasteiger partial charge on any atom is -0.495 e. The number of rotatable bonds is 5. The van der Waals surface area contributed by atoms with E-state index in [1.807, 2.05) is 49.6 Å². The molecule has 21 heavy (non-hydrogen) atoms. The number of hydrogen-bond donors (Lipinski definition) is 0. The van der Waals surface area contributed by atoms with Gasteiger partial charge in [-0.25, -0.2) is 0 Å². The molecule has 2 aromatic rings. The quantitative estimate of drug-likeness (QED) is 0.795. The number of hydrogen-bond acceptors (Lipinski definition) is 5. The van der Waals surface area contributed by atoms with Gasteiger partial charge in [0.1, 0.15) is 17.9 Å². The summed E-state index contributed by atoms with van der Waals surface area (Å²) in [5, 5.41) is 8.71. The average molecular weight is 305 g/mol. The van der Waals surface area contributed by atoms with Crippen LogP contribution in [0, 0.1) is 5.41 Å². The van der Waals surface area contributed by atoms with Gasteiger partial charge in [-0.3, -0.25) is 9.36 Å². The molecule has 0 fully saturated rings. The van der Waals surface area contributed by atoms with E-state index in [0.29, 0.717) is 10.9 Å². The van der Waals surface area contributed by atoms with Crippen molar-refractivity contribution in [3.8, 4) is 11.4 Å². The third-order valence-electron chi connectivity index (χ3n) is 3.03. The second kappa shape index (κ2) is 6.30. The molecule has 0 unspecified atom stereocenters. The Labute approximate surface area is 128 Å². The van der Waals surface area contributed by atoms with Gasteiger partial charge in [0.2, 0.25) is 0 Å². The van der Waals surface area contributed by atoms with E-state index >= 15 is 0 Å². The number of methoxy groups -OCH3 is 1. The van der Waals surface area contributed by atoms with E-state index in [1.54, 1.807) is 13.4 Å². The number of carbonyl (C=O) groups excluding carboxylic acids is 1. The van der Waals surface area contributed by atoms with Crippen LogP contribution in [0.1, 0.15) is 20.8 Å². The normalized spacial score (nSPS) is 11.4. The highest BCUT2D eigenvalue weighted by molar-refractivity contribution is 7.99. The van der Waals surface area contributed by atoms with Crippen LogP contribution in [-0.4, -0.2) is 33.4 Å². The van der Waals surface area contributed by atoms with Gasteiger partial charge in [0.05, 0.1) is 18.6 Å². The standard InChI is InChI=1S/C15H19N3O2S/c1-15(2,3)13(19)9-21-14-17-16-10-18(14)11-7-5-6-8-12(11)20-4/h5-8,10H,9H2,1-4H3. The van der Waals surface area contributed by atoms with E-state index in [4.69, 9.17) is 4.74 Å². The lowest BCUT2D eigenvalue weighted by Crippen LogP contribution is -2.22. The first-order chi connectivity index (χ1) is 9.93. The van der Waals surface area contributed by atoms with Gasteiger partial charge in [-0.15, -0.1) is 10.2 Å². The zero-order chi connectivity index (χ0) is 15.5. The summed E-state index contributed by atoms with van der Waals surface area (Å²) in [4.78, 5) is 12.0. The number of benzene rings is 1. The second-order valence-electron chi connectivity index (χ2n) is 5.62. The molecule has 5 nitrogen and oxygen atoms in total. The van der Waals surface area contributed by atoms with Gasteiger partial charge in [0.25, 0.3) is 0 Å². The number of aromatic nitrogens is 3. The lowest BCUT2D eigenvalue weighted by atomic mass is 9.92. The molecular weight excluding hydrogens is 286 g/mol. The number of carbonyl (C=O) groups is 1. The summed E-state index contributed by atoms with van der Waals surface area (Å²) in [6.45, 7) is 5.75. The Balaban J connectivity index is 2.21. The fourth-order valence-electron chi connectivity index (χ4n) is 1.66. The summed E-state index contributed by atoms with van der Waals surface area (Å²) < 4.78 is 7.18. The average Bonchev–Trinajstić information content (AvgIpc) is 2.91. The zero-order valence-corrected chi connectivity index (χ0v) is 13.5. The highest BCUT2D eigenvalue weighted by Gasteiger charge is 2.22. The van der Waals surface area contributed by atoms with Crippen molar-refractivity contribution >= 4 is 17.5 Å². The molecule has 6 heteroatoms. The van der Waals surface area contributed by atoms with Crippen molar-refractivity contribution in [2.75, 3.05) is 12.9 Å². The summed E-state index contributed by atoms with van der Waals surface area (Å²) in [5.41, 5.74) is 0.512. The van der Waals surface area contributed by atoms with E-state index < -0.39 is 0 Å². The first kappa shape index (κ1) is 15.6. The number of nitrogens with zero attached hydrogens (tertiary/aromatic N) is 3. The van der Waals surface area contributed by atoms with Gasteiger partial charge in [0, 0.05) is 5.41 Å². The van der Waals surface area contributed by atoms with Crippen LogP contribution in [0.4, 0.5) is 0 Å². The Morgan fingerprint density at radius 3 is 2.71 bits per heavy atom. The predicted molar refractivity (Wildman–Crippen MR) is 83.1 cm³/mol. The van der Waals surface area contributed by atoms with Gasteiger partial charge in [-0.1, -0.05) is 44.7 Å². The fraction of sp³-hybridized carbons (Fsp3) is 0.400. The van der Waals surface area contributed by atoms with Crippen molar-refractivity contribution in [2.24, 2.45) is 5.41 Å². The SMILES string of the molecule is COc1ccccc1-n1cnnc1SCC(=O)C(C)(C)C. The summed E-state index contributed by atoms with van der Waals surface area (Å²) >= 11 is 1.39. The topological polar surface area (TPSA) is 57.0 Å². The van der Waals surface area contributed by atoms with Crippen LogP contribution >= 0.6 is 11.8 Å². The van der Waals surface area contributed by atoms with Crippen molar-refractivity contribution in [3.63, 3.8) is 0 Å². The summed E-state index contributed by atoms with van der Waals surface area (Å²) in [6.07, 6.45) is 1.63. The molecule has 2 rings (SSSR count). The maximum absolute atomic E-state index is 12.0. The van der Waals surface area contributed by atoms with Crippen LogP contribution < -0.4 is 4.74 Å². The highest BCUT2D eigenvalue weighted by atomic mass is 32.2. The molecule has 0 aliphatic carbocycles. The number of para-hydroxylation sites is 2. The summed E-state index contributed by atoms with van der Waals surface area (Å²) in [6, 6.07) is 7.64. The van der Waals surface area contributed by atoms with Gasteiger partial charge >= 0.3 is 0 Å². The lowest BCUT2D eigenvalue weighted by Gasteiger charge is -2.16. The molecule has 0 atom stereocenters. The Kier molecular flexibility index (Phi) is 4.67. The van der Waals surface area contributed by atoms with E-state index in [2.05, 4.69) is 10.2 Å². The molecule has 0 spiro atoms. The molecule has 0 amide bonds. The molecule has 1 aromatic carbocycles. The van der Waals surface area contributed by atoms with Gasteiger partial charge in [-0.2, -0.15) is 0 Å². The van der Waals surface area contributed by atoms with Crippen LogP contribution in [0.25, 0.3) is 5.69 Å². The zero-order valence-electron chi connectivity index (χ0n) is 12.7. The van der Waals surface area contributed by atoms with Crippen molar-refractivity contribution in [2.45, 2.75) is 25.9 Å². The molecule has 0 bridgehead atoms. The molecule has 1 heterocycles. The van der Waals surface area contributed by atoms with Crippen LogP contribution in [0.5, 0.6) is 5.75 Å². The van der Waals surface area contributed by atoms with Gasteiger partial charge in [-0.05, 0) is 12.1 Å². The third kappa shape index (κ3) is 3.64. The Morgan fingerprint density at radius 2 is 2.05 bits per heavy atom. The minimum atomic E-state index is -0.345. The van der Waals surface area contributed by atoms with Crippen molar-refractivity contribution < 1.29 is 9.53 Å². The Morgan fingerprint density at radius 1 is 1.33 bits per heavy atom.